The number of tetrazole rings is 1. The van der Waals surface area contributed by atoms with Crippen LogP contribution in [0.4, 0.5) is 10.1 Å². The van der Waals surface area contributed by atoms with Gasteiger partial charge < -0.3 is 10.1 Å². The molecule has 4 aromatic rings. The molecule has 0 aliphatic heterocycles. The molecule has 0 unspecified atom stereocenters. The van der Waals surface area contributed by atoms with Gasteiger partial charge in [-0.05, 0) is 52.4 Å². The van der Waals surface area contributed by atoms with E-state index in [0.29, 0.717) is 22.3 Å². The minimum atomic E-state index is -0.647. The first-order valence-corrected chi connectivity index (χ1v) is 10.2. The van der Waals surface area contributed by atoms with E-state index in [2.05, 4.69) is 20.8 Å². The Bertz CT molecular complexity index is 1170. The fraction of sp³-hybridized carbons (Fsp3) is 0.0909. The number of rotatable bonds is 7. The lowest BCUT2D eigenvalue weighted by Gasteiger charge is -2.17. The predicted molar refractivity (Wildman–Crippen MR) is 116 cm³/mol. The van der Waals surface area contributed by atoms with Crippen molar-refractivity contribution < 1.29 is 13.9 Å². The lowest BCUT2D eigenvalue weighted by molar-refractivity contribution is -0.115. The molecule has 0 aliphatic carbocycles. The second-order valence-electron chi connectivity index (χ2n) is 6.45. The van der Waals surface area contributed by atoms with Crippen molar-refractivity contribution >= 4 is 23.4 Å². The van der Waals surface area contributed by atoms with E-state index in [9.17, 15) is 9.18 Å². The zero-order chi connectivity index (χ0) is 21.6. The number of aromatic nitrogens is 4. The number of benzene rings is 3. The standard InChI is InChI=1S/C22H18FN5O2S/c1-30-19-10-6-5-9-18(19)28-22(25-26-27-28)31-20(15-7-3-2-4-8-15)21(29)24-17-13-11-16(23)12-14-17/h2-14,20H,1H3,(H,24,29)/t20-/m1/s1. The van der Waals surface area contributed by atoms with E-state index < -0.39 is 5.25 Å². The average molecular weight is 435 g/mol. The minimum absolute atomic E-state index is 0.280. The lowest BCUT2D eigenvalue weighted by Crippen LogP contribution is -2.19. The van der Waals surface area contributed by atoms with Crippen LogP contribution in [-0.4, -0.2) is 33.2 Å². The third-order valence-corrected chi connectivity index (χ3v) is 5.62. The number of ether oxygens (including phenoxy) is 1. The van der Waals surface area contributed by atoms with Crippen LogP contribution in [0.1, 0.15) is 10.8 Å². The molecular formula is C22H18FN5O2S. The van der Waals surface area contributed by atoms with Crippen LogP contribution < -0.4 is 10.1 Å². The topological polar surface area (TPSA) is 81.9 Å². The van der Waals surface area contributed by atoms with Gasteiger partial charge in [-0.3, -0.25) is 4.79 Å². The molecular weight excluding hydrogens is 417 g/mol. The second kappa shape index (κ2) is 9.40. The van der Waals surface area contributed by atoms with Gasteiger partial charge in [0, 0.05) is 5.69 Å². The van der Waals surface area contributed by atoms with E-state index in [1.165, 1.54) is 40.7 Å². The molecule has 0 fully saturated rings. The Hall–Kier alpha value is -3.72. The largest absolute Gasteiger partial charge is 0.494 e. The molecule has 156 valence electrons. The highest BCUT2D eigenvalue weighted by molar-refractivity contribution is 8.00. The van der Waals surface area contributed by atoms with Gasteiger partial charge in [0.1, 0.15) is 22.5 Å². The quantitative estimate of drug-likeness (QED) is 0.436. The van der Waals surface area contributed by atoms with Crippen LogP contribution in [0.5, 0.6) is 5.75 Å². The van der Waals surface area contributed by atoms with Crippen molar-refractivity contribution in [3.05, 3.63) is 90.2 Å². The summed E-state index contributed by atoms with van der Waals surface area (Å²) in [7, 11) is 1.57. The second-order valence-corrected chi connectivity index (χ2v) is 7.52. The summed E-state index contributed by atoms with van der Waals surface area (Å²) < 4.78 is 20.2. The van der Waals surface area contributed by atoms with Crippen molar-refractivity contribution in [2.45, 2.75) is 10.4 Å². The Balaban J connectivity index is 1.66. The molecule has 1 heterocycles. The van der Waals surface area contributed by atoms with Crippen molar-refractivity contribution in [1.29, 1.82) is 0 Å². The monoisotopic (exact) mass is 435 g/mol. The van der Waals surface area contributed by atoms with E-state index in [-0.39, 0.29) is 11.7 Å². The van der Waals surface area contributed by atoms with Crippen LogP contribution in [0, 0.1) is 5.82 Å². The predicted octanol–water partition coefficient (Wildman–Crippen LogP) is 4.28. The molecule has 0 bridgehead atoms. The zero-order valence-corrected chi connectivity index (χ0v) is 17.3. The highest BCUT2D eigenvalue weighted by atomic mass is 32.2. The number of nitrogens with zero attached hydrogens (tertiary/aromatic N) is 4. The Morgan fingerprint density at radius 2 is 1.74 bits per heavy atom. The zero-order valence-electron chi connectivity index (χ0n) is 16.5. The number of carbonyl (C=O) groups is 1. The lowest BCUT2D eigenvalue weighted by atomic mass is 10.1. The molecule has 1 amide bonds. The summed E-state index contributed by atoms with van der Waals surface area (Å²) in [6, 6.07) is 22.3. The maximum Gasteiger partial charge on any atom is 0.242 e. The third kappa shape index (κ3) is 4.72. The van der Waals surface area contributed by atoms with Crippen molar-refractivity contribution in [1.82, 2.24) is 20.2 Å². The summed E-state index contributed by atoms with van der Waals surface area (Å²) in [5.74, 6) is -0.0518. The highest BCUT2D eigenvalue weighted by Gasteiger charge is 2.26. The number of hydrogen-bond acceptors (Lipinski definition) is 6. The summed E-state index contributed by atoms with van der Waals surface area (Å²) in [6.07, 6.45) is 0. The molecule has 7 nitrogen and oxygen atoms in total. The van der Waals surface area contributed by atoms with Gasteiger partial charge in [-0.1, -0.05) is 54.2 Å². The summed E-state index contributed by atoms with van der Waals surface area (Å²) in [4.78, 5) is 13.2. The summed E-state index contributed by atoms with van der Waals surface area (Å²) in [5.41, 5.74) is 1.93. The highest BCUT2D eigenvalue weighted by Crippen LogP contribution is 2.36. The maximum atomic E-state index is 13.2. The first kappa shape index (κ1) is 20.5. The number of amides is 1. The molecule has 1 aromatic heterocycles. The molecule has 9 heteroatoms. The first-order chi connectivity index (χ1) is 15.2. The molecule has 31 heavy (non-hydrogen) atoms. The van der Waals surface area contributed by atoms with Crippen LogP contribution in [0.2, 0.25) is 0 Å². The first-order valence-electron chi connectivity index (χ1n) is 9.35. The van der Waals surface area contributed by atoms with E-state index >= 15 is 0 Å². The van der Waals surface area contributed by atoms with Crippen molar-refractivity contribution in [2.75, 3.05) is 12.4 Å². The van der Waals surface area contributed by atoms with Gasteiger partial charge in [0.25, 0.3) is 0 Å². The smallest absolute Gasteiger partial charge is 0.242 e. The molecule has 0 saturated carbocycles. The Morgan fingerprint density at radius 3 is 2.48 bits per heavy atom. The number of hydrogen-bond donors (Lipinski definition) is 1. The van der Waals surface area contributed by atoms with Gasteiger partial charge in [-0.15, -0.1) is 5.10 Å². The van der Waals surface area contributed by atoms with E-state index in [0.717, 1.165) is 5.56 Å². The van der Waals surface area contributed by atoms with Gasteiger partial charge in [0.2, 0.25) is 11.1 Å². The number of carbonyl (C=O) groups excluding carboxylic acids is 1. The fourth-order valence-electron chi connectivity index (χ4n) is 2.96. The summed E-state index contributed by atoms with van der Waals surface area (Å²) >= 11 is 1.20. The number of methoxy groups -OCH3 is 1. The van der Waals surface area contributed by atoms with E-state index in [1.54, 1.807) is 13.2 Å². The van der Waals surface area contributed by atoms with Crippen LogP contribution in [0.15, 0.2) is 84.0 Å². The number of thioether (sulfide) groups is 1. The van der Waals surface area contributed by atoms with Crippen molar-refractivity contribution in [3.8, 4) is 11.4 Å². The summed E-state index contributed by atoms with van der Waals surface area (Å²) in [6.45, 7) is 0. The Morgan fingerprint density at radius 1 is 1.03 bits per heavy atom. The SMILES string of the molecule is COc1ccccc1-n1nnnc1S[C@@H](C(=O)Nc1ccc(F)cc1)c1ccccc1. The van der Waals surface area contributed by atoms with E-state index in [1.807, 2.05) is 48.5 Å². The van der Waals surface area contributed by atoms with Crippen molar-refractivity contribution in [3.63, 3.8) is 0 Å². The molecule has 0 radical (unpaired) electrons. The van der Waals surface area contributed by atoms with Gasteiger partial charge in [-0.2, -0.15) is 4.68 Å². The molecule has 1 atom stereocenters. The molecule has 1 N–H and O–H groups in total. The van der Waals surface area contributed by atoms with Gasteiger partial charge in [-0.25, -0.2) is 4.39 Å². The van der Waals surface area contributed by atoms with Crippen LogP contribution in [-0.2, 0) is 4.79 Å². The Labute approximate surface area is 182 Å². The van der Waals surface area contributed by atoms with Gasteiger partial charge in [0.05, 0.1) is 7.11 Å². The maximum absolute atomic E-state index is 13.2. The van der Waals surface area contributed by atoms with Crippen LogP contribution >= 0.6 is 11.8 Å². The number of anilines is 1. The molecule has 0 saturated heterocycles. The minimum Gasteiger partial charge on any atom is -0.494 e. The van der Waals surface area contributed by atoms with Crippen LogP contribution in [0.25, 0.3) is 5.69 Å². The average Bonchev–Trinajstić information content (AvgIpc) is 3.27. The molecule has 0 spiro atoms. The van der Waals surface area contributed by atoms with E-state index in [4.69, 9.17) is 4.74 Å². The normalized spacial score (nSPS) is 11.7. The molecule has 4 rings (SSSR count). The fourth-order valence-corrected chi connectivity index (χ4v) is 3.94. The molecule has 3 aromatic carbocycles. The number of nitrogens with one attached hydrogen (secondary N) is 1. The van der Waals surface area contributed by atoms with Crippen LogP contribution in [0.3, 0.4) is 0 Å². The van der Waals surface area contributed by atoms with Gasteiger partial charge in [0.15, 0.2) is 0 Å². The molecule has 0 aliphatic rings. The summed E-state index contributed by atoms with van der Waals surface area (Å²) in [5, 5.41) is 14.6. The Kier molecular flexibility index (Phi) is 6.23. The van der Waals surface area contributed by atoms with Crippen molar-refractivity contribution in [2.24, 2.45) is 0 Å². The third-order valence-electron chi connectivity index (χ3n) is 4.43. The number of para-hydroxylation sites is 2. The van der Waals surface area contributed by atoms with Gasteiger partial charge >= 0.3 is 0 Å². The number of halogens is 1.